The van der Waals surface area contributed by atoms with Gasteiger partial charge in [0, 0.05) is 17.9 Å². The van der Waals surface area contributed by atoms with E-state index < -0.39 is 34.1 Å². The molecule has 0 aliphatic carbocycles. The van der Waals surface area contributed by atoms with Crippen molar-refractivity contribution in [2.45, 2.75) is 31.2 Å². The highest BCUT2D eigenvalue weighted by Crippen LogP contribution is 2.41. The van der Waals surface area contributed by atoms with Crippen molar-refractivity contribution in [3.63, 3.8) is 0 Å². The van der Waals surface area contributed by atoms with Crippen molar-refractivity contribution in [3.05, 3.63) is 51.2 Å². The Kier molecular flexibility index (Phi) is 5.17. The molecule has 0 radical (unpaired) electrons. The number of nitrogens with zero attached hydrogens (tertiary/aromatic N) is 2. The van der Waals surface area contributed by atoms with Crippen molar-refractivity contribution in [1.82, 2.24) is 10.2 Å². The molecule has 1 aromatic rings. The molecule has 1 fully saturated rings. The number of aliphatic carboxylic acids is 1. The van der Waals surface area contributed by atoms with Crippen LogP contribution in [0, 0.1) is 10.1 Å². The number of carboxylic acid groups (broad SMARTS) is 1. The normalized spacial score (nSPS) is 21.4. The molecule has 9 nitrogen and oxygen atoms in total. The largest absolute Gasteiger partial charge is 0.477 e. The highest BCUT2D eigenvalue weighted by molar-refractivity contribution is 8.00. The lowest BCUT2D eigenvalue weighted by Gasteiger charge is -2.49. The van der Waals surface area contributed by atoms with Crippen molar-refractivity contribution in [2.24, 2.45) is 0 Å². The number of carboxylic acids is 1. The average molecular weight is 391 g/mol. The highest BCUT2D eigenvalue weighted by Gasteiger charge is 2.53. The van der Waals surface area contributed by atoms with E-state index in [4.69, 9.17) is 0 Å². The number of amides is 2. The second kappa shape index (κ2) is 7.39. The minimum absolute atomic E-state index is 0.0205. The maximum atomic E-state index is 12.4. The quantitative estimate of drug-likeness (QED) is 0.424. The van der Waals surface area contributed by atoms with Gasteiger partial charge in [-0.2, -0.15) is 0 Å². The van der Waals surface area contributed by atoms with Crippen LogP contribution in [0.2, 0.25) is 0 Å². The molecule has 1 aromatic carbocycles. The summed E-state index contributed by atoms with van der Waals surface area (Å²) in [4.78, 5) is 47.5. The third-order valence-electron chi connectivity index (χ3n) is 4.50. The zero-order valence-corrected chi connectivity index (χ0v) is 15.2. The van der Waals surface area contributed by atoms with E-state index in [0.717, 1.165) is 0 Å². The number of fused-ring (bicyclic) bond motifs is 1. The van der Waals surface area contributed by atoms with Crippen LogP contribution in [-0.4, -0.2) is 49.9 Å². The van der Waals surface area contributed by atoms with Crippen LogP contribution in [0.1, 0.15) is 18.9 Å². The zero-order chi connectivity index (χ0) is 19.7. The fraction of sp³-hybridized carbons (Fsp3) is 0.353. The minimum Gasteiger partial charge on any atom is -0.477 e. The minimum atomic E-state index is -1.14. The molecule has 0 aromatic heterocycles. The summed E-state index contributed by atoms with van der Waals surface area (Å²) in [6, 6.07) is 4.83. The van der Waals surface area contributed by atoms with Gasteiger partial charge >= 0.3 is 5.97 Å². The summed E-state index contributed by atoms with van der Waals surface area (Å²) in [5.74, 6) is -1.47. The Hall–Kier alpha value is -2.88. The molecule has 142 valence electrons. The van der Waals surface area contributed by atoms with Gasteiger partial charge in [-0.15, -0.1) is 11.8 Å². The first-order chi connectivity index (χ1) is 12.8. The molecule has 0 bridgehead atoms. The third-order valence-corrected chi connectivity index (χ3v) is 5.84. The van der Waals surface area contributed by atoms with Gasteiger partial charge < -0.3 is 10.4 Å². The van der Waals surface area contributed by atoms with Crippen LogP contribution >= 0.6 is 11.8 Å². The number of carbonyl (C=O) groups excluding carboxylic acids is 2. The number of nitro groups is 1. The van der Waals surface area contributed by atoms with Gasteiger partial charge in [-0.05, 0) is 17.6 Å². The van der Waals surface area contributed by atoms with E-state index in [9.17, 15) is 29.6 Å². The predicted octanol–water partition coefficient (Wildman–Crippen LogP) is 1.29. The molecule has 3 rings (SSSR count). The average Bonchev–Trinajstić information content (AvgIpc) is 2.65. The van der Waals surface area contributed by atoms with E-state index in [1.54, 1.807) is 0 Å². The van der Waals surface area contributed by atoms with Crippen LogP contribution in [0.15, 0.2) is 35.5 Å². The van der Waals surface area contributed by atoms with Gasteiger partial charge in [-0.1, -0.05) is 19.1 Å². The standard InChI is InChI=1S/C17H17N3O6S/c1-2-10-8-27-16-13(15(22)19(16)14(10)17(23)24)18-12(21)7-9-3-5-11(6-4-9)20(25)26/h3-6,13,16H,2,7-8H2,1H3,(H,18,21)(H,23,24)/t13?,16-/m1/s1. The summed E-state index contributed by atoms with van der Waals surface area (Å²) in [5.41, 5.74) is 1.24. The fourth-order valence-electron chi connectivity index (χ4n) is 3.10. The number of hydrogen-bond donors (Lipinski definition) is 2. The second-order valence-corrected chi connectivity index (χ2v) is 7.27. The molecule has 2 amide bonds. The van der Waals surface area contributed by atoms with Crippen LogP contribution < -0.4 is 5.32 Å². The number of thioether (sulfide) groups is 1. The number of nitro benzene ring substituents is 1. The van der Waals surface area contributed by atoms with Crippen molar-refractivity contribution >= 4 is 35.2 Å². The number of rotatable bonds is 6. The molecule has 2 heterocycles. The van der Waals surface area contributed by atoms with Crippen LogP contribution in [0.5, 0.6) is 0 Å². The fourth-order valence-corrected chi connectivity index (χ4v) is 4.55. The Morgan fingerprint density at radius 1 is 1.37 bits per heavy atom. The van der Waals surface area contributed by atoms with E-state index in [-0.39, 0.29) is 17.8 Å². The SMILES string of the molecule is CCC1=C(C(=O)O)N2C(=O)C(NC(=O)Cc3ccc([N+](=O)[O-])cc3)[C@H]2SC1. The Morgan fingerprint density at radius 2 is 2.04 bits per heavy atom. The molecule has 2 N–H and O–H groups in total. The molecular formula is C17H17N3O6S. The Balaban J connectivity index is 1.65. The van der Waals surface area contributed by atoms with Crippen molar-refractivity contribution in [3.8, 4) is 0 Å². The van der Waals surface area contributed by atoms with E-state index >= 15 is 0 Å². The summed E-state index contributed by atoms with van der Waals surface area (Å²) in [6.45, 7) is 1.84. The van der Waals surface area contributed by atoms with Crippen LogP contribution in [0.4, 0.5) is 5.69 Å². The molecule has 1 saturated heterocycles. The van der Waals surface area contributed by atoms with Crippen molar-refractivity contribution in [2.75, 3.05) is 5.75 Å². The van der Waals surface area contributed by atoms with E-state index in [1.807, 2.05) is 6.92 Å². The maximum absolute atomic E-state index is 12.4. The molecule has 2 aliphatic heterocycles. The summed E-state index contributed by atoms with van der Waals surface area (Å²) in [6.07, 6.45) is 0.517. The number of nitrogens with one attached hydrogen (secondary N) is 1. The lowest BCUT2D eigenvalue weighted by atomic mass is 10.0. The van der Waals surface area contributed by atoms with Gasteiger partial charge in [0.1, 0.15) is 17.1 Å². The van der Waals surface area contributed by atoms with Gasteiger partial charge in [0.05, 0.1) is 11.3 Å². The smallest absolute Gasteiger partial charge is 0.352 e. The summed E-state index contributed by atoms with van der Waals surface area (Å²) < 4.78 is 0. The monoisotopic (exact) mass is 391 g/mol. The summed E-state index contributed by atoms with van der Waals surface area (Å²) in [5, 5.41) is 22.3. The molecule has 2 aliphatic rings. The topological polar surface area (TPSA) is 130 Å². The lowest BCUT2D eigenvalue weighted by molar-refractivity contribution is -0.384. The van der Waals surface area contributed by atoms with E-state index in [0.29, 0.717) is 23.3 Å². The Bertz CT molecular complexity index is 851. The molecular weight excluding hydrogens is 374 g/mol. The van der Waals surface area contributed by atoms with Gasteiger partial charge in [0.15, 0.2) is 0 Å². The number of hydrogen-bond acceptors (Lipinski definition) is 6. The van der Waals surface area contributed by atoms with Crippen molar-refractivity contribution < 1.29 is 24.4 Å². The lowest BCUT2D eigenvalue weighted by Crippen LogP contribution is -2.70. The molecule has 0 saturated carbocycles. The van der Waals surface area contributed by atoms with E-state index in [2.05, 4.69) is 5.32 Å². The second-order valence-electron chi connectivity index (χ2n) is 6.17. The highest BCUT2D eigenvalue weighted by atomic mass is 32.2. The van der Waals surface area contributed by atoms with Crippen LogP contribution in [0.25, 0.3) is 0 Å². The molecule has 27 heavy (non-hydrogen) atoms. The van der Waals surface area contributed by atoms with Gasteiger partial charge in [0.25, 0.3) is 11.6 Å². The Morgan fingerprint density at radius 3 is 2.59 bits per heavy atom. The molecule has 1 unspecified atom stereocenters. The summed E-state index contributed by atoms with van der Waals surface area (Å²) in [7, 11) is 0. The number of non-ortho nitro benzene ring substituents is 1. The first-order valence-electron chi connectivity index (χ1n) is 8.26. The first kappa shape index (κ1) is 18.9. The number of benzene rings is 1. The Labute approximate surface area is 158 Å². The van der Waals surface area contributed by atoms with Gasteiger partial charge in [0.2, 0.25) is 5.91 Å². The van der Waals surface area contributed by atoms with E-state index in [1.165, 1.54) is 40.9 Å². The van der Waals surface area contributed by atoms with Gasteiger partial charge in [-0.25, -0.2) is 4.79 Å². The van der Waals surface area contributed by atoms with Crippen LogP contribution in [0.3, 0.4) is 0 Å². The number of β-lactam (4-membered cyclic amide) rings is 1. The molecule has 2 atom stereocenters. The van der Waals surface area contributed by atoms with Crippen molar-refractivity contribution in [1.29, 1.82) is 0 Å². The van der Waals surface area contributed by atoms with Crippen LogP contribution in [-0.2, 0) is 20.8 Å². The first-order valence-corrected chi connectivity index (χ1v) is 9.31. The molecule has 10 heteroatoms. The predicted molar refractivity (Wildman–Crippen MR) is 96.8 cm³/mol. The maximum Gasteiger partial charge on any atom is 0.352 e. The zero-order valence-electron chi connectivity index (χ0n) is 14.4. The molecule has 0 spiro atoms. The van der Waals surface area contributed by atoms with Gasteiger partial charge in [-0.3, -0.25) is 24.6 Å². The summed E-state index contributed by atoms with van der Waals surface area (Å²) >= 11 is 1.43. The number of carbonyl (C=O) groups is 3. The third kappa shape index (κ3) is 3.52.